The molecule has 2 heterocycles. The zero-order chi connectivity index (χ0) is 46.6. The number of ether oxygens (including phenoxy) is 1. The molecule has 1 aromatic rings. The molecule has 0 saturated carbocycles. The van der Waals surface area contributed by atoms with Crippen LogP contribution in [0.25, 0.3) is 0 Å². The van der Waals surface area contributed by atoms with E-state index in [0.717, 1.165) is 44.9 Å². The fourth-order valence-electron chi connectivity index (χ4n) is 7.85. The number of carbonyl (C=O) groups is 8. The number of fused-ring (bicyclic) bond motifs is 1. The van der Waals surface area contributed by atoms with Gasteiger partial charge in [0.1, 0.15) is 48.1 Å². The van der Waals surface area contributed by atoms with Crippen LogP contribution in [0.5, 0.6) is 5.75 Å². The Morgan fingerprint density at radius 3 is 2.10 bits per heavy atom. The summed E-state index contributed by atoms with van der Waals surface area (Å²) in [6.45, 7) is 8.47. The number of phenols is 1. The summed E-state index contributed by atoms with van der Waals surface area (Å²) < 4.78 is 6.06. The highest BCUT2D eigenvalue weighted by Gasteiger charge is 2.40. The molecule has 0 aliphatic carbocycles. The lowest BCUT2D eigenvalue weighted by Gasteiger charge is -2.30. The minimum atomic E-state index is -1.42. The van der Waals surface area contributed by atoms with Gasteiger partial charge in [-0.15, -0.1) is 0 Å². The van der Waals surface area contributed by atoms with Gasteiger partial charge in [0.25, 0.3) is 0 Å². The number of hydrogen-bond donors (Lipinski definition) is 8. The summed E-state index contributed by atoms with van der Waals surface area (Å²) in [6.07, 6.45) is 5.95. The zero-order valence-corrected chi connectivity index (χ0v) is 37.6. The van der Waals surface area contributed by atoms with Gasteiger partial charge >= 0.3 is 5.97 Å². The monoisotopic (exact) mass is 886 g/mol. The number of phenolic OH excluding ortho intramolecular Hbond substituents is 1. The lowest BCUT2D eigenvalue weighted by molar-refractivity contribution is -0.155. The average molecular weight is 886 g/mol. The minimum Gasteiger partial charge on any atom is -0.508 e. The summed E-state index contributed by atoms with van der Waals surface area (Å²) in [5, 5.41) is 34.3. The van der Waals surface area contributed by atoms with Crippen LogP contribution in [0.1, 0.15) is 136 Å². The highest BCUT2D eigenvalue weighted by atomic mass is 16.5. The van der Waals surface area contributed by atoms with Gasteiger partial charge in [0, 0.05) is 25.8 Å². The standard InChI is InChI=1S/C45H71N7O11/c1-6-7-8-9-10-11-12-18-31-19-15-22-37(56)50-39(29(5)53)43(60)47-28(4)44(61)52-25-16-20-34(52)42(59)48-32(23-24-36(46)55)40(57)49-33(26-30-17-13-14-21-35(30)54)41(58)51-38(27(2)3)45(62)63-31/h13-14,17,21,27-29,31-34,38-39,53-54H,6-12,15-16,18-20,22-26H2,1-5H3,(H2,46,55)(H,47,60)(H,48,59)(H,49,57)(H,50,56)(H,51,58). The third-order valence-electron chi connectivity index (χ3n) is 11.6. The normalized spacial score (nSPS) is 25.7. The number of aromatic hydroxyl groups is 1. The van der Waals surface area contributed by atoms with E-state index in [1.54, 1.807) is 32.0 Å². The van der Waals surface area contributed by atoms with E-state index in [0.29, 0.717) is 18.4 Å². The quantitative estimate of drug-likeness (QED) is 0.0931. The number of aliphatic hydroxyl groups is 1. The van der Waals surface area contributed by atoms with E-state index in [2.05, 4.69) is 33.5 Å². The molecule has 352 valence electrons. The van der Waals surface area contributed by atoms with Gasteiger partial charge < -0.3 is 52.2 Å². The fraction of sp³-hybridized carbons (Fsp3) is 0.689. The summed E-state index contributed by atoms with van der Waals surface area (Å²) in [5.41, 5.74) is 5.73. The maximum Gasteiger partial charge on any atom is 0.329 e. The number of primary amides is 1. The largest absolute Gasteiger partial charge is 0.508 e. The van der Waals surface area contributed by atoms with Crippen molar-refractivity contribution in [3.63, 3.8) is 0 Å². The lowest BCUT2D eigenvalue weighted by Crippen LogP contribution is -2.60. The van der Waals surface area contributed by atoms with Crippen molar-refractivity contribution < 1.29 is 53.3 Å². The molecular formula is C45H71N7O11. The van der Waals surface area contributed by atoms with Gasteiger partial charge in [0.05, 0.1) is 6.10 Å². The SMILES string of the molecule is CCCCCCCCCC1CCCC(=O)NC(C(C)O)C(=O)NC(C)C(=O)N2CCCC2C(=O)NC(CCC(N)=O)C(=O)NC(Cc2ccccc2O)C(=O)NC(C(C)C)C(=O)O1. The number of unbranched alkanes of at least 4 members (excludes halogenated alkanes) is 6. The van der Waals surface area contributed by atoms with Crippen molar-refractivity contribution in [2.45, 2.75) is 186 Å². The summed E-state index contributed by atoms with van der Waals surface area (Å²) in [5.74, 6) is -6.49. The van der Waals surface area contributed by atoms with Gasteiger partial charge in [-0.2, -0.15) is 0 Å². The van der Waals surface area contributed by atoms with Crippen LogP contribution < -0.4 is 32.3 Å². The highest BCUT2D eigenvalue weighted by Crippen LogP contribution is 2.22. The third kappa shape index (κ3) is 17.1. The van der Waals surface area contributed by atoms with Crippen LogP contribution in [-0.4, -0.2) is 117 Å². The fourth-order valence-corrected chi connectivity index (χ4v) is 7.85. The molecule has 0 bridgehead atoms. The van der Waals surface area contributed by atoms with Gasteiger partial charge in [-0.3, -0.25) is 33.6 Å². The lowest BCUT2D eigenvalue weighted by atomic mass is 10.00. The van der Waals surface area contributed by atoms with Gasteiger partial charge in [-0.25, -0.2) is 4.79 Å². The summed E-state index contributed by atoms with van der Waals surface area (Å²) in [7, 11) is 0. The molecule has 8 unspecified atom stereocenters. The van der Waals surface area contributed by atoms with E-state index in [4.69, 9.17) is 10.5 Å². The Morgan fingerprint density at radius 2 is 1.44 bits per heavy atom. The van der Waals surface area contributed by atoms with Crippen molar-refractivity contribution in [3.8, 4) is 5.75 Å². The van der Waals surface area contributed by atoms with E-state index >= 15 is 0 Å². The molecule has 18 heteroatoms. The molecule has 8 atom stereocenters. The van der Waals surface area contributed by atoms with Crippen LogP contribution in [0.3, 0.4) is 0 Å². The number of carbonyl (C=O) groups excluding carboxylic acids is 8. The van der Waals surface area contributed by atoms with Crippen LogP contribution in [0, 0.1) is 5.92 Å². The molecule has 2 aliphatic rings. The minimum absolute atomic E-state index is 0.0703. The van der Waals surface area contributed by atoms with E-state index in [9.17, 15) is 48.6 Å². The Labute approximate surface area is 370 Å². The van der Waals surface area contributed by atoms with Crippen molar-refractivity contribution >= 4 is 47.3 Å². The van der Waals surface area contributed by atoms with Gasteiger partial charge in [0.15, 0.2) is 0 Å². The van der Waals surface area contributed by atoms with Crippen LogP contribution in [0.4, 0.5) is 0 Å². The van der Waals surface area contributed by atoms with Crippen molar-refractivity contribution in [1.29, 1.82) is 0 Å². The van der Waals surface area contributed by atoms with Crippen LogP contribution in [-0.2, 0) is 49.5 Å². The molecule has 7 amide bonds. The molecule has 2 saturated heterocycles. The topological polar surface area (TPSA) is 276 Å². The molecule has 0 radical (unpaired) electrons. The summed E-state index contributed by atoms with van der Waals surface area (Å²) >= 11 is 0. The molecule has 18 nitrogen and oxygen atoms in total. The Bertz CT molecular complexity index is 1720. The first-order valence-corrected chi connectivity index (χ1v) is 22.7. The van der Waals surface area contributed by atoms with Crippen LogP contribution in [0.15, 0.2) is 24.3 Å². The van der Waals surface area contributed by atoms with Gasteiger partial charge in [0.2, 0.25) is 41.4 Å². The predicted molar refractivity (Wildman–Crippen MR) is 233 cm³/mol. The number of rotatable bonds is 15. The number of hydrogen-bond acceptors (Lipinski definition) is 11. The number of amides is 7. The van der Waals surface area contributed by atoms with Crippen LogP contribution in [0.2, 0.25) is 0 Å². The molecular weight excluding hydrogens is 815 g/mol. The Morgan fingerprint density at radius 1 is 0.794 bits per heavy atom. The van der Waals surface area contributed by atoms with Crippen molar-refractivity contribution in [2.24, 2.45) is 11.7 Å². The van der Waals surface area contributed by atoms with Gasteiger partial charge in [-0.05, 0) is 76.3 Å². The third-order valence-corrected chi connectivity index (χ3v) is 11.6. The second kappa shape index (κ2) is 26.4. The Kier molecular flexibility index (Phi) is 21.8. The average Bonchev–Trinajstić information content (AvgIpc) is 3.72. The summed E-state index contributed by atoms with van der Waals surface area (Å²) in [4.78, 5) is 110. The number of esters is 1. The molecule has 9 N–H and O–H groups in total. The summed E-state index contributed by atoms with van der Waals surface area (Å²) in [6, 6.07) is -1.47. The Hall–Kier alpha value is -5.26. The number of nitrogens with two attached hydrogens (primary N) is 1. The second-order valence-electron chi connectivity index (χ2n) is 17.3. The zero-order valence-electron chi connectivity index (χ0n) is 37.6. The number of aliphatic hydroxyl groups excluding tert-OH is 1. The van der Waals surface area contributed by atoms with E-state index in [1.165, 1.54) is 24.8 Å². The molecule has 1 aromatic carbocycles. The molecule has 3 rings (SSSR count). The smallest absolute Gasteiger partial charge is 0.329 e. The first-order chi connectivity index (χ1) is 29.9. The number of para-hydroxylation sites is 1. The maximum atomic E-state index is 14.2. The van der Waals surface area contributed by atoms with Crippen LogP contribution >= 0.6 is 0 Å². The number of nitrogens with one attached hydrogen (secondary N) is 5. The van der Waals surface area contributed by atoms with Crippen molar-refractivity contribution in [2.75, 3.05) is 6.54 Å². The number of benzene rings is 1. The first kappa shape index (κ1) is 52.1. The van der Waals surface area contributed by atoms with Crippen molar-refractivity contribution in [3.05, 3.63) is 29.8 Å². The van der Waals surface area contributed by atoms with E-state index in [-0.39, 0.29) is 57.2 Å². The maximum absolute atomic E-state index is 14.2. The molecule has 63 heavy (non-hydrogen) atoms. The number of nitrogens with zero attached hydrogens (tertiary/aromatic N) is 1. The van der Waals surface area contributed by atoms with E-state index in [1.807, 2.05) is 0 Å². The van der Waals surface area contributed by atoms with Crippen molar-refractivity contribution in [1.82, 2.24) is 31.5 Å². The predicted octanol–water partition coefficient (Wildman–Crippen LogP) is 1.91. The number of cyclic esters (lactones) is 1. The van der Waals surface area contributed by atoms with Gasteiger partial charge in [-0.1, -0.05) is 77.5 Å². The molecule has 2 fully saturated rings. The van der Waals surface area contributed by atoms with E-state index < -0.39 is 102 Å². The second-order valence-corrected chi connectivity index (χ2v) is 17.3. The highest BCUT2D eigenvalue weighted by molar-refractivity contribution is 5.97. The molecule has 0 spiro atoms. The molecule has 2 aliphatic heterocycles. The Balaban J connectivity index is 2.02. The first-order valence-electron chi connectivity index (χ1n) is 22.7. The molecule has 0 aromatic heterocycles.